The normalized spacial score (nSPS) is 21.8. The zero-order chi connectivity index (χ0) is 17.6. The van der Waals surface area contributed by atoms with Crippen LogP contribution in [0.1, 0.15) is 19.8 Å². The van der Waals surface area contributed by atoms with Crippen LogP contribution in [0.3, 0.4) is 0 Å². The minimum atomic E-state index is -3.52. The van der Waals surface area contributed by atoms with Crippen molar-refractivity contribution in [3.05, 3.63) is 0 Å². The maximum Gasteiger partial charge on any atom is 0.251 e. The monoisotopic (exact) mass is 489 g/mol. The molecule has 25 heavy (non-hydrogen) atoms. The Hall–Kier alpha value is -0.660. The highest BCUT2D eigenvalue weighted by molar-refractivity contribution is 14.0. The summed E-state index contributed by atoms with van der Waals surface area (Å²) in [5, 5.41) is 8.15. The van der Waals surface area contributed by atoms with Crippen molar-refractivity contribution >= 4 is 45.9 Å². The number of hydrogen-bond donors (Lipinski definition) is 2. The predicted octanol–water partition coefficient (Wildman–Crippen LogP) is -0.818. The van der Waals surface area contributed by atoms with Crippen molar-refractivity contribution in [2.24, 2.45) is 10.1 Å². The van der Waals surface area contributed by atoms with E-state index in [4.69, 9.17) is 9.88 Å². The lowest BCUT2D eigenvalue weighted by atomic mass is 10.2. The van der Waals surface area contributed by atoms with E-state index in [-0.39, 0.29) is 48.3 Å². The van der Waals surface area contributed by atoms with Crippen LogP contribution in [0.2, 0.25) is 0 Å². The number of carbonyl (C=O) groups is 1. The number of sulfonamides is 1. The number of carbonyl (C=O) groups excluding carboxylic acids is 1. The summed E-state index contributed by atoms with van der Waals surface area (Å²) < 4.78 is 27.5. The number of rotatable bonds is 5. The standard InChI is InChI=1S/C14H27N5O4S.HI/c1-2-16-14(17-5-11-24(15,21)22)19-8-6-18(7-9-19)13(20)12-4-3-10-23-12;/h12H,2-11H2,1H3,(H,16,17)(H2,15,21,22);1H. The summed E-state index contributed by atoms with van der Waals surface area (Å²) in [6.45, 7) is 5.94. The smallest absolute Gasteiger partial charge is 0.251 e. The van der Waals surface area contributed by atoms with E-state index < -0.39 is 10.0 Å². The molecule has 2 rings (SSSR count). The summed E-state index contributed by atoms with van der Waals surface area (Å²) in [6, 6.07) is 0. The molecule has 0 aromatic rings. The molecule has 0 spiro atoms. The van der Waals surface area contributed by atoms with Crippen molar-refractivity contribution in [2.75, 3.05) is 51.6 Å². The number of nitrogens with zero attached hydrogens (tertiary/aromatic N) is 3. The van der Waals surface area contributed by atoms with E-state index >= 15 is 0 Å². The summed E-state index contributed by atoms with van der Waals surface area (Å²) in [7, 11) is -3.52. The molecule has 0 bridgehead atoms. The summed E-state index contributed by atoms with van der Waals surface area (Å²) in [4.78, 5) is 20.5. The van der Waals surface area contributed by atoms with Gasteiger partial charge >= 0.3 is 0 Å². The molecule has 2 heterocycles. The Kier molecular flexibility index (Phi) is 9.38. The van der Waals surface area contributed by atoms with Gasteiger partial charge in [-0.2, -0.15) is 0 Å². The molecule has 1 amide bonds. The SMILES string of the molecule is CCNC(=NCCS(N)(=O)=O)N1CCN(C(=O)C2CCCO2)CC1.I. The molecule has 0 aliphatic carbocycles. The first kappa shape index (κ1) is 22.4. The van der Waals surface area contributed by atoms with Crippen molar-refractivity contribution in [3.63, 3.8) is 0 Å². The Balaban J connectivity index is 0.00000312. The highest BCUT2D eigenvalue weighted by atomic mass is 127. The lowest BCUT2D eigenvalue weighted by Crippen LogP contribution is -2.55. The zero-order valence-electron chi connectivity index (χ0n) is 14.5. The quantitative estimate of drug-likeness (QED) is 0.296. The molecule has 2 aliphatic heterocycles. The minimum absolute atomic E-state index is 0. The van der Waals surface area contributed by atoms with Crippen LogP contribution in [0.4, 0.5) is 0 Å². The van der Waals surface area contributed by atoms with Gasteiger partial charge in [0.1, 0.15) is 6.10 Å². The number of amides is 1. The number of piperazine rings is 1. The lowest BCUT2D eigenvalue weighted by molar-refractivity contribution is -0.142. The molecular weight excluding hydrogens is 461 g/mol. The van der Waals surface area contributed by atoms with Gasteiger partial charge in [-0.1, -0.05) is 0 Å². The second-order valence-corrected chi connectivity index (χ2v) is 7.65. The maximum absolute atomic E-state index is 12.3. The van der Waals surface area contributed by atoms with E-state index in [9.17, 15) is 13.2 Å². The first-order chi connectivity index (χ1) is 11.4. The number of hydrogen-bond acceptors (Lipinski definition) is 5. The highest BCUT2D eigenvalue weighted by Crippen LogP contribution is 2.16. The summed E-state index contributed by atoms with van der Waals surface area (Å²) in [5.74, 6) is 0.549. The molecule has 2 fully saturated rings. The van der Waals surface area contributed by atoms with Gasteiger partial charge in [-0.15, -0.1) is 24.0 Å². The second-order valence-electron chi connectivity index (χ2n) is 5.92. The molecule has 1 unspecified atom stereocenters. The third-order valence-electron chi connectivity index (χ3n) is 4.07. The Morgan fingerprint density at radius 1 is 1.28 bits per heavy atom. The molecule has 11 heteroatoms. The van der Waals surface area contributed by atoms with Gasteiger partial charge in [-0.25, -0.2) is 13.6 Å². The van der Waals surface area contributed by atoms with E-state index in [0.717, 1.165) is 12.8 Å². The topological polar surface area (TPSA) is 117 Å². The fraction of sp³-hybridized carbons (Fsp3) is 0.857. The number of nitrogens with one attached hydrogen (secondary N) is 1. The minimum Gasteiger partial charge on any atom is -0.368 e. The van der Waals surface area contributed by atoms with Crippen LogP contribution in [0, 0.1) is 0 Å². The van der Waals surface area contributed by atoms with Gasteiger partial charge in [-0.05, 0) is 19.8 Å². The van der Waals surface area contributed by atoms with Crippen LogP contribution < -0.4 is 10.5 Å². The van der Waals surface area contributed by atoms with Crippen LogP contribution in [0.5, 0.6) is 0 Å². The van der Waals surface area contributed by atoms with Gasteiger partial charge < -0.3 is 19.9 Å². The van der Waals surface area contributed by atoms with E-state index in [1.165, 1.54) is 0 Å². The number of primary sulfonamides is 1. The number of halogens is 1. The summed E-state index contributed by atoms with van der Waals surface area (Å²) in [6.07, 6.45) is 1.46. The van der Waals surface area contributed by atoms with Gasteiger partial charge in [-0.3, -0.25) is 9.79 Å². The third kappa shape index (κ3) is 7.23. The van der Waals surface area contributed by atoms with Gasteiger partial charge in [0.05, 0.1) is 12.3 Å². The Labute approximate surface area is 166 Å². The van der Waals surface area contributed by atoms with Crippen molar-refractivity contribution < 1.29 is 17.9 Å². The first-order valence-electron chi connectivity index (χ1n) is 8.35. The van der Waals surface area contributed by atoms with Gasteiger partial charge in [0.15, 0.2) is 5.96 Å². The van der Waals surface area contributed by atoms with Crippen LogP contribution in [-0.4, -0.2) is 87.8 Å². The van der Waals surface area contributed by atoms with Crippen LogP contribution in [0.25, 0.3) is 0 Å². The molecule has 1 atom stereocenters. The summed E-state index contributed by atoms with van der Waals surface area (Å²) >= 11 is 0. The Morgan fingerprint density at radius 2 is 1.92 bits per heavy atom. The predicted molar refractivity (Wildman–Crippen MR) is 106 cm³/mol. The van der Waals surface area contributed by atoms with Crippen molar-refractivity contribution in [2.45, 2.75) is 25.9 Å². The van der Waals surface area contributed by atoms with E-state index in [1.807, 2.05) is 16.7 Å². The number of guanidine groups is 1. The lowest BCUT2D eigenvalue weighted by Gasteiger charge is -2.37. The van der Waals surface area contributed by atoms with Gasteiger partial charge in [0.25, 0.3) is 5.91 Å². The molecule has 0 aromatic carbocycles. The molecule has 2 aliphatic rings. The zero-order valence-corrected chi connectivity index (χ0v) is 17.7. The van der Waals surface area contributed by atoms with Crippen molar-refractivity contribution in [1.82, 2.24) is 15.1 Å². The Bertz CT molecular complexity index is 558. The largest absolute Gasteiger partial charge is 0.368 e. The molecule has 0 aromatic heterocycles. The first-order valence-corrected chi connectivity index (χ1v) is 10.1. The van der Waals surface area contributed by atoms with Crippen LogP contribution in [0.15, 0.2) is 4.99 Å². The van der Waals surface area contributed by atoms with E-state index in [1.54, 1.807) is 0 Å². The molecule has 0 saturated carbocycles. The third-order valence-corrected chi connectivity index (χ3v) is 4.82. The molecule has 0 radical (unpaired) electrons. The van der Waals surface area contributed by atoms with E-state index in [2.05, 4.69) is 10.3 Å². The van der Waals surface area contributed by atoms with Gasteiger partial charge in [0, 0.05) is 39.3 Å². The molecular formula is C14H28IN5O4S. The van der Waals surface area contributed by atoms with Crippen molar-refractivity contribution in [1.29, 1.82) is 0 Å². The average molecular weight is 489 g/mol. The fourth-order valence-electron chi connectivity index (χ4n) is 2.82. The average Bonchev–Trinajstić information content (AvgIpc) is 3.07. The second kappa shape index (κ2) is 10.5. The van der Waals surface area contributed by atoms with E-state index in [0.29, 0.717) is 45.3 Å². The maximum atomic E-state index is 12.3. The molecule has 2 saturated heterocycles. The fourth-order valence-corrected chi connectivity index (χ4v) is 3.17. The number of aliphatic imine (C=N–C) groups is 1. The molecule has 9 nitrogen and oxygen atoms in total. The highest BCUT2D eigenvalue weighted by Gasteiger charge is 2.30. The Morgan fingerprint density at radius 3 is 2.44 bits per heavy atom. The van der Waals surface area contributed by atoms with Gasteiger partial charge in [0.2, 0.25) is 10.0 Å². The van der Waals surface area contributed by atoms with Crippen molar-refractivity contribution in [3.8, 4) is 0 Å². The summed E-state index contributed by atoms with van der Waals surface area (Å²) in [5.41, 5.74) is 0. The van der Waals surface area contributed by atoms with Crippen LogP contribution in [-0.2, 0) is 19.6 Å². The number of ether oxygens (including phenoxy) is 1. The number of nitrogens with two attached hydrogens (primary N) is 1. The van der Waals surface area contributed by atoms with Crippen LogP contribution >= 0.6 is 24.0 Å². The molecule has 146 valence electrons. The molecule has 3 N–H and O–H groups in total.